The van der Waals surface area contributed by atoms with Gasteiger partial charge in [0.25, 0.3) is 5.56 Å². The van der Waals surface area contributed by atoms with Gasteiger partial charge in [0.2, 0.25) is 5.95 Å². The van der Waals surface area contributed by atoms with E-state index in [1.165, 1.54) is 11.7 Å². The molecule has 1 unspecified atom stereocenters. The molecule has 39 heavy (non-hydrogen) atoms. The maximum atomic E-state index is 13.5. The fraction of sp³-hybridized carbons (Fsp3) is 0.357. The van der Waals surface area contributed by atoms with Crippen LogP contribution in [-0.4, -0.2) is 50.0 Å². The molecule has 0 aliphatic rings. The topological polar surface area (TPSA) is 125 Å². The van der Waals surface area contributed by atoms with Gasteiger partial charge in [-0.1, -0.05) is 60.7 Å². The highest BCUT2D eigenvalue weighted by Crippen LogP contribution is 2.53. The molecule has 0 saturated carbocycles. The summed E-state index contributed by atoms with van der Waals surface area (Å²) in [5, 5.41) is 0. The summed E-state index contributed by atoms with van der Waals surface area (Å²) in [6.07, 6.45) is 0.357. The molecule has 0 aliphatic heterocycles. The van der Waals surface area contributed by atoms with Crippen LogP contribution in [0.1, 0.15) is 34.1 Å². The van der Waals surface area contributed by atoms with E-state index >= 15 is 0 Å². The summed E-state index contributed by atoms with van der Waals surface area (Å²) in [4.78, 5) is 27.4. The van der Waals surface area contributed by atoms with Crippen LogP contribution in [0.2, 0.25) is 0 Å². The van der Waals surface area contributed by atoms with Crippen molar-refractivity contribution < 1.29 is 13.6 Å². The number of nitrogens with two attached hydrogens (primary N) is 1. The Hall–Kier alpha value is -3.43. The van der Waals surface area contributed by atoms with E-state index in [4.69, 9.17) is 24.7 Å². The van der Waals surface area contributed by atoms with Crippen molar-refractivity contribution in [1.29, 1.82) is 0 Å². The third-order valence-corrected chi connectivity index (χ3v) is 8.73. The van der Waals surface area contributed by atoms with E-state index in [-0.39, 0.29) is 42.3 Å². The lowest BCUT2D eigenvalue weighted by Crippen LogP contribution is -2.35. The number of benzene rings is 2. The molecule has 2 aromatic heterocycles. The number of rotatable bonds is 11. The molecular formula is C28H35N6O4P. The SMILES string of the molecule is COP(=O)(OCCCn1c(N)nc2nc(-c3ccccc3)c(-c3ccccc3)nc2c1=O)N(C(C)C)C(C)C. The van der Waals surface area contributed by atoms with E-state index < -0.39 is 13.3 Å². The van der Waals surface area contributed by atoms with E-state index in [9.17, 15) is 9.36 Å². The van der Waals surface area contributed by atoms with Crippen molar-refractivity contribution in [2.45, 2.75) is 52.7 Å². The van der Waals surface area contributed by atoms with Gasteiger partial charge in [-0.05, 0) is 34.1 Å². The highest BCUT2D eigenvalue weighted by Gasteiger charge is 2.36. The number of fused-ring (bicyclic) bond motifs is 1. The van der Waals surface area contributed by atoms with Crippen molar-refractivity contribution in [2.75, 3.05) is 19.5 Å². The Morgan fingerprint density at radius 2 is 1.44 bits per heavy atom. The normalized spacial score (nSPS) is 13.4. The van der Waals surface area contributed by atoms with Crippen LogP contribution in [0.4, 0.5) is 5.95 Å². The maximum absolute atomic E-state index is 13.5. The first-order valence-electron chi connectivity index (χ1n) is 12.9. The van der Waals surface area contributed by atoms with Crippen LogP contribution in [0, 0.1) is 0 Å². The number of anilines is 1. The standard InChI is InChI=1S/C28H35N6O4P/c1-19(2)34(20(3)4)39(36,37-5)38-18-12-17-33-27(35)25-26(32-28(33)29)31-24(22-15-10-7-11-16-22)23(30-25)21-13-8-6-9-14-21/h6-11,13-16,19-20H,12,17-18H2,1-5H3,(H2,29,31,32). The van der Waals surface area contributed by atoms with Gasteiger partial charge >= 0.3 is 7.75 Å². The van der Waals surface area contributed by atoms with E-state index in [2.05, 4.69) is 4.98 Å². The van der Waals surface area contributed by atoms with Gasteiger partial charge in [-0.25, -0.2) is 19.2 Å². The molecule has 10 nitrogen and oxygen atoms in total. The highest BCUT2D eigenvalue weighted by molar-refractivity contribution is 7.51. The number of aromatic nitrogens is 4. The first-order chi connectivity index (χ1) is 18.7. The molecule has 2 N–H and O–H groups in total. The summed E-state index contributed by atoms with van der Waals surface area (Å²) < 4.78 is 27.5. The van der Waals surface area contributed by atoms with Crippen LogP contribution in [0.15, 0.2) is 65.5 Å². The van der Waals surface area contributed by atoms with Gasteiger partial charge in [-0.3, -0.25) is 18.4 Å². The zero-order chi connectivity index (χ0) is 28.2. The number of hydrogen-bond donors (Lipinski definition) is 1. The van der Waals surface area contributed by atoms with Crippen molar-refractivity contribution in [1.82, 2.24) is 24.2 Å². The molecule has 2 heterocycles. The minimum atomic E-state index is -3.51. The zero-order valence-electron chi connectivity index (χ0n) is 22.9. The van der Waals surface area contributed by atoms with Crippen molar-refractivity contribution >= 4 is 24.9 Å². The van der Waals surface area contributed by atoms with Gasteiger partial charge < -0.3 is 5.73 Å². The molecule has 4 aromatic rings. The van der Waals surface area contributed by atoms with Gasteiger partial charge in [0, 0.05) is 36.9 Å². The van der Waals surface area contributed by atoms with E-state index in [0.29, 0.717) is 17.8 Å². The average molecular weight is 551 g/mol. The first kappa shape index (κ1) is 28.6. The lowest BCUT2D eigenvalue weighted by atomic mass is 10.0. The summed E-state index contributed by atoms with van der Waals surface area (Å²) in [6.45, 7) is 8.03. The van der Waals surface area contributed by atoms with E-state index in [1.54, 1.807) is 4.67 Å². The molecular weight excluding hydrogens is 515 g/mol. The second-order valence-corrected chi connectivity index (χ2v) is 11.7. The smallest absolute Gasteiger partial charge is 0.369 e. The predicted molar refractivity (Wildman–Crippen MR) is 154 cm³/mol. The van der Waals surface area contributed by atoms with Crippen molar-refractivity contribution in [3.8, 4) is 22.5 Å². The summed E-state index contributed by atoms with van der Waals surface area (Å²) in [5.41, 5.74) is 8.98. The molecule has 0 spiro atoms. The lowest BCUT2D eigenvalue weighted by Gasteiger charge is -2.35. The van der Waals surface area contributed by atoms with Crippen LogP contribution in [0.25, 0.3) is 33.7 Å². The minimum absolute atomic E-state index is 0.0224. The summed E-state index contributed by atoms with van der Waals surface area (Å²) in [6, 6.07) is 19.1. The largest absolute Gasteiger partial charge is 0.408 e. The summed E-state index contributed by atoms with van der Waals surface area (Å²) in [7, 11) is -2.13. The molecule has 0 saturated heterocycles. The van der Waals surface area contributed by atoms with Crippen LogP contribution >= 0.6 is 7.75 Å². The number of nitrogens with zero attached hydrogens (tertiary/aromatic N) is 5. The number of hydrogen-bond acceptors (Lipinski definition) is 8. The van der Waals surface area contributed by atoms with Crippen molar-refractivity contribution in [3.05, 3.63) is 71.0 Å². The van der Waals surface area contributed by atoms with Crippen LogP contribution in [0.5, 0.6) is 0 Å². The maximum Gasteiger partial charge on any atom is 0.408 e. The Bertz CT molecular complexity index is 1520. The van der Waals surface area contributed by atoms with E-state index in [1.807, 2.05) is 88.4 Å². The second-order valence-electron chi connectivity index (χ2n) is 9.66. The zero-order valence-corrected chi connectivity index (χ0v) is 23.8. The molecule has 11 heteroatoms. The Labute approximate surface area is 228 Å². The quantitative estimate of drug-likeness (QED) is 0.193. The first-order valence-corrected chi connectivity index (χ1v) is 14.4. The van der Waals surface area contributed by atoms with Gasteiger partial charge in [0.05, 0.1) is 18.0 Å². The molecule has 206 valence electrons. The Morgan fingerprint density at radius 3 is 1.95 bits per heavy atom. The van der Waals surface area contributed by atoms with E-state index in [0.717, 1.165) is 11.1 Å². The second kappa shape index (κ2) is 12.2. The third-order valence-electron chi connectivity index (χ3n) is 6.27. The molecule has 0 aliphatic carbocycles. The average Bonchev–Trinajstić information content (AvgIpc) is 2.92. The monoisotopic (exact) mass is 550 g/mol. The van der Waals surface area contributed by atoms with Gasteiger partial charge in [0.15, 0.2) is 11.2 Å². The van der Waals surface area contributed by atoms with Crippen LogP contribution in [-0.2, 0) is 20.2 Å². The molecule has 1 atom stereocenters. The van der Waals surface area contributed by atoms with Gasteiger partial charge in [-0.2, -0.15) is 4.98 Å². The Kier molecular flexibility index (Phi) is 8.92. The van der Waals surface area contributed by atoms with Crippen LogP contribution in [0.3, 0.4) is 0 Å². The Morgan fingerprint density at radius 1 is 0.897 bits per heavy atom. The fourth-order valence-corrected chi connectivity index (χ4v) is 6.56. The van der Waals surface area contributed by atoms with Crippen molar-refractivity contribution in [2.24, 2.45) is 0 Å². The van der Waals surface area contributed by atoms with Crippen LogP contribution < -0.4 is 11.3 Å². The highest BCUT2D eigenvalue weighted by atomic mass is 31.2. The minimum Gasteiger partial charge on any atom is -0.369 e. The molecule has 2 aromatic carbocycles. The van der Waals surface area contributed by atoms with Crippen molar-refractivity contribution in [3.63, 3.8) is 0 Å². The number of nitrogen functional groups attached to an aromatic ring is 1. The fourth-order valence-electron chi connectivity index (χ4n) is 4.64. The molecule has 0 amide bonds. The Balaban J connectivity index is 1.66. The summed E-state index contributed by atoms with van der Waals surface area (Å²) >= 11 is 0. The molecule has 0 radical (unpaired) electrons. The lowest BCUT2D eigenvalue weighted by molar-refractivity contribution is 0.147. The molecule has 4 rings (SSSR count). The molecule has 0 bridgehead atoms. The predicted octanol–water partition coefficient (Wildman–Crippen LogP) is 5.38. The third kappa shape index (κ3) is 6.09. The van der Waals surface area contributed by atoms with Gasteiger partial charge in [-0.15, -0.1) is 0 Å². The molecule has 0 fully saturated rings. The van der Waals surface area contributed by atoms with Gasteiger partial charge in [0.1, 0.15) is 0 Å². The summed E-state index contributed by atoms with van der Waals surface area (Å²) in [5.74, 6) is 0.0224.